The maximum atomic E-state index is 13.3. The average Bonchev–Trinajstić information content (AvgIpc) is 2.84. The van der Waals surface area contributed by atoms with Gasteiger partial charge < -0.3 is 10.6 Å². The fourth-order valence-corrected chi connectivity index (χ4v) is 3.87. The number of carbonyl (C=O) groups excluding carboxylic acids is 1. The van der Waals surface area contributed by atoms with Gasteiger partial charge in [-0.15, -0.1) is 0 Å². The van der Waals surface area contributed by atoms with Crippen molar-refractivity contribution in [1.82, 2.24) is 4.98 Å². The van der Waals surface area contributed by atoms with Crippen LogP contribution in [0.25, 0.3) is 10.9 Å². The van der Waals surface area contributed by atoms with Crippen LogP contribution in [0.15, 0.2) is 78.9 Å². The van der Waals surface area contributed by atoms with Gasteiger partial charge in [0.25, 0.3) is 0 Å². The molecule has 0 bridgehead atoms. The van der Waals surface area contributed by atoms with E-state index < -0.39 is 11.9 Å². The number of fused-ring (bicyclic) bond motifs is 1. The van der Waals surface area contributed by atoms with Crippen LogP contribution in [-0.2, 0) is 23.8 Å². The summed E-state index contributed by atoms with van der Waals surface area (Å²) in [5, 5.41) is 6.50. The lowest BCUT2D eigenvalue weighted by Gasteiger charge is -2.14. The summed E-state index contributed by atoms with van der Waals surface area (Å²) in [4.78, 5) is 16.2. The molecule has 0 spiro atoms. The van der Waals surface area contributed by atoms with E-state index in [-0.39, 0.29) is 11.4 Å². The fourth-order valence-electron chi connectivity index (χ4n) is 3.87. The van der Waals surface area contributed by atoms with Crippen molar-refractivity contribution in [3.05, 3.63) is 95.7 Å². The highest BCUT2D eigenvalue weighted by Crippen LogP contribution is 2.34. The topological polar surface area (TPSA) is 54.0 Å². The Balaban J connectivity index is 1.42. The van der Waals surface area contributed by atoms with Gasteiger partial charge in [-0.2, -0.15) is 13.2 Å². The van der Waals surface area contributed by atoms with Crippen LogP contribution in [0.1, 0.15) is 36.6 Å². The Labute approximate surface area is 202 Å². The number of nitrogens with one attached hydrogen (secondary N) is 2. The van der Waals surface area contributed by atoms with Gasteiger partial charge in [-0.05, 0) is 60.7 Å². The van der Waals surface area contributed by atoms with Crippen molar-refractivity contribution >= 4 is 33.9 Å². The first-order valence-electron chi connectivity index (χ1n) is 11.5. The number of rotatable bonds is 8. The Morgan fingerprint density at radius 2 is 1.60 bits per heavy atom. The van der Waals surface area contributed by atoms with Crippen LogP contribution in [0.5, 0.6) is 0 Å². The lowest BCUT2D eigenvalue weighted by Crippen LogP contribution is -2.11. The Morgan fingerprint density at radius 1 is 0.886 bits per heavy atom. The Morgan fingerprint density at radius 3 is 2.34 bits per heavy atom. The Bertz CT molecular complexity index is 1320. The molecule has 0 radical (unpaired) electrons. The Kier molecular flexibility index (Phi) is 7.34. The van der Waals surface area contributed by atoms with Crippen LogP contribution in [0.3, 0.4) is 0 Å². The lowest BCUT2D eigenvalue weighted by atomic mass is 10.0. The lowest BCUT2D eigenvalue weighted by molar-refractivity contribution is -0.140. The van der Waals surface area contributed by atoms with Gasteiger partial charge in [-0.1, -0.05) is 55.5 Å². The van der Waals surface area contributed by atoms with Crippen LogP contribution in [-0.4, -0.2) is 10.9 Å². The first-order valence-corrected chi connectivity index (χ1v) is 11.5. The molecule has 0 saturated heterocycles. The third-order valence-corrected chi connectivity index (χ3v) is 5.73. The van der Waals surface area contributed by atoms with Gasteiger partial charge in [0.05, 0.1) is 11.2 Å². The number of pyridine rings is 1. The Hall–Kier alpha value is -3.87. The summed E-state index contributed by atoms with van der Waals surface area (Å²) in [6, 6.07) is 23.0. The molecule has 1 amide bonds. The van der Waals surface area contributed by atoms with Crippen molar-refractivity contribution in [3.8, 4) is 0 Å². The van der Waals surface area contributed by atoms with E-state index in [1.54, 1.807) is 48.5 Å². The zero-order chi connectivity index (χ0) is 24.8. The monoisotopic (exact) mass is 477 g/mol. The van der Waals surface area contributed by atoms with Crippen LogP contribution >= 0.6 is 0 Å². The van der Waals surface area contributed by atoms with Gasteiger partial charge in [-0.25, -0.2) is 4.98 Å². The summed E-state index contributed by atoms with van der Waals surface area (Å²) in [6.45, 7) is 2.11. The third kappa shape index (κ3) is 6.38. The van der Waals surface area contributed by atoms with E-state index in [4.69, 9.17) is 0 Å². The predicted molar refractivity (Wildman–Crippen MR) is 134 cm³/mol. The molecule has 4 nitrogen and oxygen atoms in total. The van der Waals surface area contributed by atoms with E-state index >= 15 is 0 Å². The zero-order valence-corrected chi connectivity index (χ0v) is 19.3. The summed E-state index contributed by atoms with van der Waals surface area (Å²) in [5.41, 5.74) is 3.19. The minimum absolute atomic E-state index is 0.110. The summed E-state index contributed by atoms with van der Waals surface area (Å²) in [7, 11) is 0. The normalized spacial score (nSPS) is 11.4. The number of para-hydroxylation sites is 1. The van der Waals surface area contributed by atoms with Crippen LogP contribution in [0.2, 0.25) is 0 Å². The summed E-state index contributed by atoms with van der Waals surface area (Å²) in [5.74, 6) is -0.110. The van der Waals surface area contributed by atoms with E-state index in [1.165, 1.54) is 11.1 Å². The second kappa shape index (κ2) is 10.6. The molecule has 35 heavy (non-hydrogen) atoms. The average molecular weight is 478 g/mol. The van der Waals surface area contributed by atoms with Crippen molar-refractivity contribution < 1.29 is 18.0 Å². The first-order chi connectivity index (χ1) is 16.8. The predicted octanol–water partition coefficient (Wildman–Crippen LogP) is 7.52. The molecule has 0 saturated carbocycles. The summed E-state index contributed by atoms with van der Waals surface area (Å²) in [6.07, 6.45) is -1.66. The molecule has 0 fully saturated rings. The fraction of sp³-hybridized carbons (Fsp3) is 0.214. The maximum Gasteiger partial charge on any atom is 0.433 e. The van der Waals surface area contributed by atoms with Gasteiger partial charge in [0, 0.05) is 23.2 Å². The minimum atomic E-state index is -4.56. The number of hydrogen-bond acceptors (Lipinski definition) is 3. The molecule has 3 aromatic carbocycles. The number of nitrogens with zero attached hydrogens (tertiary/aromatic N) is 1. The molecule has 2 N–H and O–H groups in total. The van der Waals surface area contributed by atoms with Crippen molar-refractivity contribution in [3.63, 3.8) is 0 Å². The standard InChI is InChI=1S/C28H26F3N3O/c1-2-19-13-15-20(16-14-19)7-5-12-27(35)33-22-9-6-8-21(17-22)32-25-18-26(28(29,30)31)34-24-11-4-3-10-23(24)25/h3-4,6,8-11,13-18H,2,5,7,12H2,1H3,(H,32,34)(H,33,35). The van der Waals surface area contributed by atoms with Gasteiger partial charge in [-0.3, -0.25) is 4.79 Å². The van der Waals surface area contributed by atoms with E-state index in [2.05, 4.69) is 46.8 Å². The molecule has 0 atom stereocenters. The van der Waals surface area contributed by atoms with Crippen molar-refractivity contribution in [2.45, 2.75) is 38.8 Å². The van der Waals surface area contributed by atoms with Gasteiger partial charge >= 0.3 is 6.18 Å². The molecule has 180 valence electrons. The molecule has 0 unspecified atom stereocenters. The zero-order valence-electron chi connectivity index (χ0n) is 19.3. The maximum absolute atomic E-state index is 13.3. The molecular weight excluding hydrogens is 451 g/mol. The highest BCUT2D eigenvalue weighted by molar-refractivity contribution is 5.94. The molecule has 0 aliphatic carbocycles. The van der Waals surface area contributed by atoms with Gasteiger partial charge in [0.15, 0.2) is 0 Å². The van der Waals surface area contributed by atoms with Gasteiger partial charge in [0.1, 0.15) is 5.69 Å². The molecule has 1 heterocycles. The minimum Gasteiger partial charge on any atom is -0.355 e. The largest absolute Gasteiger partial charge is 0.433 e. The molecule has 0 aliphatic rings. The number of amides is 1. The number of anilines is 3. The van der Waals surface area contributed by atoms with E-state index in [9.17, 15) is 18.0 Å². The van der Waals surface area contributed by atoms with E-state index in [0.717, 1.165) is 25.3 Å². The first kappa shape index (κ1) is 24.3. The summed E-state index contributed by atoms with van der Waals surface area (Å²) >= 11 is 0. The highest BCUT2D eigenvalue weighted by atomic mass is 19.4. The summed E-state index contributed by atoms with van der Waals surface area (Å²) < 4.78 is 40.0. The number of alkyl halides is 3. The number of halogens is 3. The molecule has 1 aromatic heterocycles. The number of benzene rings is 3. The number of carbonyl (C=O) groups is 1. The van der Waals surface area contributed by atoms with E-state index in [1.807, 2.05) is 0 Å². The van der Waals surface area contributed by atoms with Crippen LogP contribution in [0, 0.1) is 0 Å². The molecule has 4 aromatic rings. The highest BCUT2D eigenvalue weighted by Gasteiger charge is 2.33. The second-order valence-electron chi connectivity index (χ2n) is 8.35. The molecule has 0 aliphatic heterocycles. The third-order valence-electron chi connectivity index (χ3n) is 5.73. The smallest absolute Gasteiger partial charge is 0.355 e. The van der Waals surface area contributed by atoms with Crippen LogP contribution in [0.4, 0.5) is 30.2 Å². The number of aryl methyl sites for hydroxylation is 2. The quantitative estimate of drug-likeness (QED) is 0.276. The van der Waals surface area contributed by atoms with Crippen molar-refractivity contribution in [1.29, 1.82) is 0 Å². The second-order valence-corrected chi connectivity index (χ2v) is 8.35. The van der Waals surface area contributed by atoms with Crippen molar-refractivity contribution in [2.75, 3.05) is 10.6 Å². The van der Waals surface area contributed by atoms with Gasteiger partial charge in [0.2, 0.25) is 5.91 Å². The molecule has 7 heteroatoms. The van der Waals surface area contributed by atoms with Crippen LogP contribution < -0.4 is 10.6 Å². The number of aromatic nitrogens is 1. The molecular formula is C28H26F3N3O. The molecule has 4 rings (SSSR count). The number of hydrogen-bond donors (Lipinski definition) is 2. The van der Waals surface area contributed by atoms with Crippen molar-refractivity contribution in [2.24, 2.45) is 0 Å². The SMILES string of the molecule is CCc1ccc(CCCC(=O)Nc2cccc(Nc3cc(C(F)(F)F)nc4ccccc34)c2)cc1. The van der Waals surface area contributed by atoms with E-state index in [0.29, 0.717) is 28.9 Å².